The van der Waals surface area contributed by atoms with Crippen molar-refractivity contribution in [1.82, 2.24) is 10.2 Å². The van der Waals surface area contributed by atoms with Crippen LogP contribution in [0.3, 0.4) is 0 Å². The van der Waals surface area contributed by atoms with E-state index < -0.39 is 0 Å². The van der Waals surface area contributed by atoms with Crippen molar-refractivity contribution >= 4 is 0 Å². The van der Waals surface area contributed by atoms with E-state index in [1.54, 1.807) is 0 Å². The maximum atomic E-state index is 3.78. The lowest BCUT2D eigenvalue weighted by Gasteiger charge is -2.50. The van der Waals surface area contributed by atoms with Crippen LogP contribution >= 0.6 is 0 Å². The van der Waals surface area contributed by atoms with Crippen molar-refractivity contribution in [2.75, 3.05) is 7.05 Å². The van der Waals surface area contributed by atoms with Gasteiger partial charge in [0.1, 0.15) is 0 Å². The Bertz CT molecular complexity index is 338. The molecule has 0 bridgehead atoms. The van der Waals surface area contributed by atoms with Crippen LogP contribution in [0.2, 0.25) is 0 Å². The molecule has 2 nitrogen and oxygen atoms in total. The molecule has 144 valence electrons. The largest absolute Gasteiger partial charge is 0.311 e. The molecule has 2 aliphatic rings. The summed E-state index contributed by atoms with van der Waals surface area (Å²) in [5, 5.41) is 3.78. The van der Waals surface area contributed by atoms with E-state index in [4.69, 9.17) is 0 Å². The Morgan fingerprint density at radius 2 is 1.21 bits per heavy atom. The minimum absolute atomic E-state index is 0.405. The molecule has 2 unspecified atom stereocenters. The molecule has 0 saturated carbocycles. The molecule has 0 aromatic heterocycles. The summed E-state index contributed by atoms with van der Waals surface area (Å²) < 4.78 is 0. The molecule has 0 aliphatic carbocycles. The number of nitrogens with zero attached hydrogens (tertiary/aromatic N) is 1. The highest BCUT2D eigenvalue weighted by atomic mass is 15.2. The van der Waals surface area contributed by atoms with E-state index in [2.05, 4.69) is 79.6 Å². The minimum Gasteiger partial charge on any atom is -0.311 e. The summed E-state index contributed by atoms with van der Waals surface area (Å²) in [6, 6.07) is 1.49. The lowest BCUT2D eigenvalue weighted by Crippen LogP contribution is -2.56. The first-order valence-electron chi connectivity index (χ1n) is 10.4. The molecule has 2 heteroatoms. The fourth-order valence-corrected chi connectivity index (χ4v) is 4.41. The number of piperidine rings is 2. The van der Waals surface area contributed by atoms with Gasteiger partial charge < -0.3 is 5.32 Å². The van der Waals surface area contributed by atoms with Crippen LogP contribution in [-0.4, -0.2) is 35.1 Å². The summed E-state index contributed by atoms with van der Waals surface area (Å²) in [5.41, 5.74) is 0.809. The molecule has 2 saturated heterocycles. The molecular weight excluding hydrogens is 292 g/mol. The van der Waals surface area contributed by atoms with Crippen molar-refractivity contribution in [1.29, 1.82) is 0 Å². The van der Waals surface area contributed by atoms with Crippen LogP contribution in [0.5, 0.6) is 0 Å². The van der Waals surface area contributed by atoms with Crippen LogP contribution in [0.25, 0.3) is 0 Å². The predicted octanol–water partition coefficient (Wildman–Crippen LogP) is 5.71. The molecule has 2 fully saturated rings. The zero-order valence-corrected chi connectivity index (χ0v) is 18.4. The lowest BCUT2D eigenvalue weighted by atomic mass is 9.80. The molecule has 0 aromatic rings. The fraction of sp³-hybridized carbons (Fsp3) is 1.00. The Morgan fingerprint density at radius 1 is 0.833 bits per heavy atom. The summed E-state index contributed by atoms with van der Waals surface area (Å²) >= 11 is 0. The molecule has 2 rings (SSSR count). The molecule has 0 radical (unpaired) electrons. The summed E-state index contributed by atoms with van der Waals surface area (Å²) in [7, 11) is 2.25. The van der Waals surface area contributed by atoms with Gasteiger partial charge in [0.05, 0.1) is 0 Å². The van der Waals surface area contributed by atoms with Gasteiger partial charge >= 0.3 is 0 Å². The maximum absolute atomic E-state index is 3.78. The zero-order valence-electron chi connectivity index (χ0n) is 18.4. The Balaban J connectivity index is 0.000000243. The fourth-order valence-electron chi connectivity index (χ4n) is 4.41. The van der Waals surface area contributed by atoms with E-state index >= 15 is 0 Å². The second kappa shape index (κ2) is 8.54. The molecule has 1 N–H and O–H groups in total. The van der Waals surface area contributed by atoms with Gasteiger partial charge in [-0.15, -0.1) is 0 Å². The van der Waals surface area contributed by atoms with Gasteiger partial charge in [-0.1, -0.05) is 34.6 Å². The number of rotatable bonds is 2. The average molecular weight is 339 g/mol. The van der Waals surface area contributed by atoms with E-state index in [-0.39, 0.29) is 0 Å². The van der Waals surface area contributed by atoms with Crippen LogP contribution in [0, 0.1) is 17.8 Å². The van der Waals surface area contributed by atoms with Gasteiger partial charge in [0.2, 0.25) is 0 Å². The van der Waals surface area contributed by atoms with Gasteiger partial charge in [-0.2, -0.15) is 0 Å². The predicted molar refractivity (Wildman–Crippen MR) is 109 cm³/mol. The lowest BCUT2D eigenvalue weighted by molar-refractivity contribution is -0.00199. The summed E-state index contributed by atoms with van der Waals surface area (Å²) in [6.07, 6.45) is 6.78. The Kier molecular flexibility index (Phi) is 7.81. The quantitative estimate of drug-likeness (QED) is 0.693. The number of hydrogen-bond donors (Lipinski definition) is 1. The molecule has 0 spiro atoms. The maximum Gasteiger partial charge on any atom is 0.0155 e. The Hall–Kier alpha value is -0.0800. The molecule has 0 amide bonds. The summed E-state index contributed by atoms with van der Waals surface area (Å²) in [5.74, 6) is 2.47. The first-order valence-corrected chi connectivity index (χ1v) is 10.4. The standard InChI is InChI=1S/C12H25N.C10H21N/c1-8(2)11-6-10(5)7-12(13-11)9(3)4;1-9(2)7-6-8-10(3,4)11(9)5/h8-13H,6-7H2,1-5H3;6-8H2,1-5H3. The monoisotopic (exact) mass is 338 g/mol. The molecule has 24 heavy (non-hydrogen) atoms. The number of hydrogen-bond acceptors (Lipinski definition) is 2. The highest BCUT2D eigenvalue weighted by molar-refractivity contribution is 4.94. The highest BCUT2D eigenvalue weighted by Gasteiger charge is 2.38. The van der Waals surface area contributed by atoms with Crippen molar-refractivity contribution in [2.24, 2.45) is 17.8 Å². The Labute approximate surface area is 153 Å². The van der Waals surface area contributed by atoms with Crippen LogP contribution in [0.4, 0.5) is 0 Å². The third kappa shape index (κ3) is 6.02. The molecule has 2 aliphatic heterocycles. The highest BCUT2D eigenvalue weighted by Crippen LogP contribution is 2.36. The average Bonchev–Trinajstić information content (AvgIpc) is 2.44. The van der Waals surface area contributed by atoms with Crippen molar-refractivity contribution in [2.45, 2.75) is 118 Å². The number of likely N-dealkylation sites (tertiary alicyclic amines) is 1. The van der Waals surface area contributed by atoms with Crippen molar-refractivity contribution in [3.63, 3.8) is 0 Å². The van der Waals surface area contributed by atoms with E-state index in [0.717, 1.165) is 29.8 Å². The van der Waals surface area contributed by atoms with Gasteiger partial charge in [-0.25, -0.2) is 0 Å². The van der Waals surface area contributed by atoms with Crippen LogP contribution in [-0.2, 0) is 0 Å². The van der Waals surface area contributed by atoms with Crippen LogP contribution < -0.4 is 5.32 Å². The van der Waals surface area contributed by atoms with E-state index in [1.165, 1.54) is 32.1 Å². The molecular formula is C22H46N2. The Morgan fingerprint density at radius 3 is 1.50 bits per heavy atom. The second-order valence-corrected chi connectivity index (χ2v) is 10.5. The topological polar surface area (TPSA) is 15.3 Å². The van der Waals surface area contributed by atoms with Gasteiger partial charge in [-0.05, 0) is 84.6 Å². The summed E-state index contributed by atoms with van der Waals surface area (Å²) in [4.78, 5) is 2.52. The normalized spacial score (nSPS) is 33.2. The van der Waals surface area contributed by atoms with Gasteiger partial charge in [0.25, 0.3) is 0 Å². The van der Waals surface area contributed by atoms with Crippen molar-refractivity contribution in [3.8, 4) is 0 Å². The SMILES string of the molecule is CC1CC(C(C)C)NC(C(C)C)C1.CN1C(C)(C)CCCC1(C)C. The van der Waals surface area contributed by atoms with Crippen molar-refractivity contribution < 1.29 is 0 Å². The third-order valence-corrected chi connectivity index (χ3v) is 6.74. The van der Waals surface area contributed by atoms with E-state index in [9.17, 15) is 0 Å². The number of nitrogens with one attached hydrogen (secondary N) is 1. The molecule has 2 heterocycles. The zero-order chi connectivity index (χ0) is 18.7. The second-order valence-electron chi connectivity index (χ2n) is 10.5. The molecule has 2 atom stereocenters. The van der Waals surface area contributed by atoms with Crippen LogP contribution in [0.1, 0.15) is 94.4 Å². The van der Waals surface area contributed by atoms with Gasteiger partial charge in [0.15, 0.2) is 0 Å². The first kappa shape index (κ1) is 22.0. The third-order valence-electron chi connectivity index (χ3n) is 6.74. The molecule has 0 aromatic carbocycles. The van der Waals surface area contributed by atoms with E-state index in [0.29, 0.717) is 11.1 Å². The first-order chi connectivity index (χ1) is 10.9. The minimum atomic E-state index is 0.405. The van der Waals surface area contributed by atoms with Gasteiger partial charge in [0, 0.05) is 23.2 Å². The summed E-state index contributed by atoms with van der Waals surface area (Å²) in [6.45, 7) is 21.1. The van der Waals surface area contributed by atoms with Crippen molar-refractivity contribution in [3.05, 3.63) is 0 Å². The van der Waals surface area contributed by atoms with E-state index in [1.807, 2.05) is 0 Å². The smallest absolute Gasteiger partial charge is 0.0155 e. The van der Waals surface area contributed by atoms with Gasteiger partial charge in [-0.3, -0.25) is 4.90 Å². The van der Waals surface area contributed by atoms with Crippen LogP contribution in [0.15, 0.2) is 0 Å².